The largest absolute Gasteiger partial charge is 0.437 e. The van der Waals surface area contributed by atoms with Gasteiger partial charge in [-0.25, -0.2) is 27.0 Å². The summed E-state index contributed by atoms with van der Waals surface area (Å²) in [6.45, 7) is 29.9. The second-order valence-electron chi connectivity index (χ2n) is 38.4. The highest BCUT2D eigenvalue weighted by atomic mass is 19.4. The van der Waals surface area contributed by atoms with Gasteiger partial charge in [-0.2, -0.15) is 50.7 Å². The molecule has 0 radical (unpaired) electrons. The molecule has 0 atom stereocenters. The Kier molecular flexibility index (Phi) is 22.8. The molecule has 12 heterocycles. The summed E-state index contributed by atoms with van der Waals surface area (Å²) < 4.78 is 158. The molecule has 670 valence electrons. The SMILES string of the molecule is Cc1cc2c(oc3nc(F)cc(F)c32)c(-c2c3ccc(C(C)C)cc3cc[n+]2C)c1C.Cc1cc2c(oc3nc(F)cc(F)c32)c(-c2c3ccc(CC4CCCC4)cc3cc[n+]2C)c1C.Cc1cc2c(oc3nc(F)ccc32)c(-c2c3ccc(CC(C)(C)C(F)(F)F)cc3cc[n+]2C)c1C.Cc1cc2c(oc3nc(F)ccc32)c(-c2c3ccc(CC(C)(C)C)cc3cc[n+]2C)c1C. The van der Waals surface area contributed by atoms with Crippen molar-refractivity contribution in [2.45, 2.75) is 161 Å². The van der Waals surface area contributed by atoms with Gasteiger partial charge in [0.25, 0.3) is 0 Å². The van der Waals surface area contributed by atoms with E-state index in [1.54, 1.807) is 18.2 Å². The lowest BCUT2D eigenvalue weighted by atomic mass is 9.84. The molecule has 8 aromatic carbocycles. The van der Waals surface area contributed by atoms with Crippen LogP contribution in [0.25, 0.3) is 176 Å². The van der Waals surface area contributed by atoms with Crippen LogP contribution in [0.4, 0.5) is 39.5 Å². The van der Waals surface area contributed by atoms with E-state index < -0.39 is 47.0 Å². The van der Waals surface area contributed by atoms with Gasteiger partial charge in [-0.15, -0.1) is 0 Å². The lowest BCUT2D eigenvalue weighted by Gasteiger charge is -2.27. The van der Waals surface area contributed by atoms with E-state index in [9.17, 15) is 39.5 Å². The number of alkyl halides is 3. The Labute approximate surface area is 758 Å². The van der Waals surface area contributed by atoms with E-state index in [4.69, 9.17) is 17.7 Å². The van der Waals surface area contributed by atoms with Gasteiger partial charge in [-0.3, -0.25) is 0 Å². The average molecular weight is 1780 g/mol. The highest BCUT2D eigenvalue weighted by Crippen LogP contribution is 2.48. The molecule has 0 aliphatic heterocycles. The summed E-state index contributed by atoms with van der Waals surface area (Å²) in [5.41, 5.74) is 22.0. The number of aryl methyl sites for hydroxylation is 8. The van der Waals surface area contributed by atoms with Crippen LogP contribution >= 0.6 is 0 Å². The molecule has 0 unspecified atom stereocenters. The summed E-state index contributed by atoms with van der Waals surface area (Å²) in [7, 11) is 7.98. The third kappa shape index (κ3) is 16.1. The predicted molar refractivity (Wildman–Crippen MR) is 507 cm³/mol. The van der Waals surface area contributed by atoms with E-state index in [0.717, 1.165) is 169 Å². The lowest BCUT2D eigenvalue weighted by Crippen LogP contribution is -2.34. The molecule has 0 amide bonds. The Balaban J connectivity index is 0.000000118. The van der Waals surface area contributed by atoms with Crippen LogP contribution < -0.4 is 18.3 Å². The van der Waals surface area contributed by atoms with Crippen LogP contribution in [0, 0.1) is 108 Å². The van der Waals surface area contributed by atoms with Crippen molar-refractivity contribution in [2.75, 3.05) is 0 Å². The Morgan fingerprint density at radius 2 is 0.667 bits per heavy atom. The minimum Gasteiger partial charge on any atom is -0.437 e. The molecule has 20 aromatic rings. The number of furan rings is 4. The second-order valence-corrected chi connectivity index (χ2v) is 38.4. The molecule has 0 N–H and O–H groups in total. The van der Waals surface area contributed by atoms with Crippen molar-refractivity contribution in [3.8, 4) is 45.0 Å². The molecule has 12 nitrogen and oxygen atoms in total. The Morgan fingerprint density at radius 1 is 0.348 bits per heavy atom. The Morgan fingerprint density at radius 3 is 1.04 bits per heavy atom. The first-order chi connectivity index (χ1) is 62.6. The number of pyridine rings is 8. The summed E-state index contributed by atoms with van der Waals surface area (Å²) >= 11 is 0. The molecule has 1 fully saturated rings. The molecule has 0 spiro atoms. The van der Waals surface area contributed by atoms with E-state index in [1.165, 1.54) is 90.1 Å². The van der Waals surface area contributed by atoms with Gasteiger partial charge >= 0.3 is 6.18 Å². The first-order valence-electron chi connectivity index (χ1n) is 44.8. The molecule has 132 heavy (non-hydrogen) atoms. The van der Waals surface area contributed by atoms with Crippen LogP contribution in [0.5, 0.6) is 0 Å². The maximum Gasteiger partial charge on any atom is 0.394 e. The normalized spacial score (nSPS) is 13.0. The fraction of sp³-hybridized carbons (Fsp3) is 0.279. The monoisotopic (exact) mass is 1780 g/mol. The number of rotatable bonds is 10. The second kappa shape index (κ2) is 33.7. The zero-order valence-electron chi connectivity index (χ0n) is 77.5. The van der Waals surface area contributed by atoms with E-state index >= 15 is 0 Å². The molecule has 21 rings (SSSR count). The molecule has 12 aromatic heterocycles. The number of hydrogen-bond acceptors (Lipinski definition) is 8. The summed E-state index contributed by atoms with van der Waals surface area (Å²) in [6.07, 6.45) is 11.2. The Bertz CT molecular complexity index is 8170. The smallest absolute Gasteiger partial charge is 0.394 e. The van der Waals surface area contributed by atoms with Crippen LogP contribution in [0.15, 0.2) is 200 Å². The highest BCUT2D eigenvalue weighted by molar-refractivity contribution is 6.16. The topological polar surface area (TPSA) is 120 Å². The van der Waals surface area contributed by atoms with Crippen molar-refractivity contribution in [2.24, 2.45) is 44.9 Å². The van der Waals surface area contributed by atoms with E-state index in [2.05, 4.69) is 187 Å². The predicted octanol–water partition coefficient (Wildman–Crippen LogP) is 28.4. The van der Waals surface area contributed by atoms with Gasteiger partial charge in [-0.05, 0) is 253 Å². The van der Waals surface area contributed by atoms with E-state index in [-0.39, 0.29) is 39.7 Å². The lowest BCUT2D eigenvalue weighted by molar-refractivity contribution is -0.659. The maximum atomic E-state index is 14.8. The number of nitrogens with zero attached hydrogens (tertiary/aromatic N) is 8. The van der Waals surface area contributed by atoms with Crippen LogP contribution in [-0.4, -0.2) is 26.1 Å². The zero-order chi connectivity index (χ0) is 93.7. The van der Waals surface area contributed by atoms with E-state index in [1.807, 2.05) is 109 Å². The molecule has 0 saturated heterocycles. The molecule has 0 bridgehead atoms. The number of fused-ring (bicyclic) bond motifs is 16. The van der Waals surface area contributed by atoms with Crippen LogP contribution in [0.1, 0.15) is 147 Å². The van der Waals surface area contributed by atoms with Gasteiger partial charge < -0.3 is 17.7 Å². The maximum absolute atomic E-state index is 14.8. The van der Waals surface area contributed by atoms with E-state index in [0.29, 0.717) is 44.7 Å². The van der Waals surface area contributed by atoms with Crippen molar-refractivity contribution < 1.29 is 75.5 Å². The first kappa shape index (κ1) is 89.2. The van der Waals surface area contributed by atoms with Crippen molar-refractivity contribution in [1.29, 1.82) is 0 Å². The van der Waals surface area contributed by atoms with Gasteiger partial charge in [0.2, 0.25) is 69.4 Å². The number of benzene rings is 8. The standard InChI is InChI=1S/C29H27F2N2O.C28H25F4N2O.C28H28FN2O.C26H23F2N2O/c1-16-12-22-26-23(30)15-24(31)32-29(26)34-28(22)25(17(16)2)27-21-9-8-19(13-18-6-4-5-7-18)14-20(21)10-11-33(27)3;1-15-12-21-20-8-9-22(29)33-26(20)35-25(21)23(16(15)2)24-19-7-6-17(13-18(19)10-11-34(24)5)14-27(3,4)28(30,31)32;1-16-13-22-21-9-10-23(29)30-27(21)32-26(22)24(17(16)2)25-20-8-7-18(15-28(3,4)5)14-19(20)11-12-31(25)6;1-13(2)16-6-7-18-17(11-16)8-9-30(5)24(18)22-15(4)14(3)10-19-23-20(27)12-21(28)29-26(23)31-25(19)22/h8-12,14-15,18H,4-7,13H2,1-3H3;6-13H,14H2,1-5H3;7-14H,15H2,1-6H3;6-13H,1-5H3/q4*+1. The van der Waals surface area contributed by atoms with Crippen LogP contribution in [0.2, 0.25) is 0 Å². The van der Waals surface area contributed by atoms with Gasteiger partial charge in [0.15, 0.2) is 47.1 Å². The quantitative estimate of drug-likeness (QED) is 0.0754. The highest BCUT2D eigenvalue weighted by Gasteiger charge is 2.47. The Hall–Kier alpha value is -13.4. The van der Waals surface area contributed by atoms with Gasteiger partial charge in [-0.1, -0.05) is 123 Å². The molecule has 1 saturated carbocycles. The number of aromatic nitrogens is 8. The number of hydrogen-bond donors (Lipinski definition) is 0. The molecule has 1 aliphatic rings. The minimum atomic E-state index is -4.30. The number of halogens is 9. The van der Waals surface area contributed by atoms with Gasteiger partial charge in [0.05, 0.1) is 60.0 Å². The third-order valence-corrected chi connectivity index (χ3v) is 27.1. The summed E-state index contributed by atoms with van der Waals surface area (Å²) in [5, 5.41) is 13.6. The summed E-state index contributed by atoms with van der Waals surface area (Å²) in [5.74, 6) is -3.04. The van der Waals surface area contributed by atoms with Crippen molar-refractivity contribution in [1.82, 2.24) is 19.9 Å². The van der Waals surface area contributed by atoms with Crippen molar-refractivity contribution in [3.05, 3.63) is 285 Å². The fourth-order valence-corrected chi connectivity index (χ4v) is 19.6. The third-order valence-electron chi connectivity index (χ3n) is 27.1. The molecular weight excluding hydrogens is 1680 g/mol. The summed E-state index contributed by atoms with van der Waals surface area (Å²) in [6, 6.07) is 49.4. The molecule has 1 aliphatic carbocycles. The zero-order valence-corrected chi connectivity index (χ0v) is 77.5. The molecule has 21 heteroatoms. The fourth-order valence-electron chi connectivity index (χ4n) is 19.6. The minimum absolute atomic E-state index is 0.0134. The average Bonchev–Trinajstić information content (AvgIpc) is 1.46. The van der Waals surface area contributed by atoms with Crippen molar-refractivity contribution >= 4 is 131 Å². The summed E-state index contributed by atoms with van der Waals surface area (Å²) in [4.78, 5) is 15.6. The van der Waals surface area contributed by atoms with Crippen LogP contribution in [-0.2, 0) is 47.5 Å². The van der Waals surface area contributed by atoms with Crippen LogP contribution in [0.3, 0.4) is 0 Å². The van der Waals surface area contributed by atoms with Gasteiger partial charge in [0.1, 0.15) is 39.8 Å². The first-order valence-corrected chi connectivity index (χ1v) is 44.8. The van der Waals surface area contributed by atoms with Gasteiger partial charge in [0, 0.05) is 68.7 Å². The molecular formula is C111H103F9N8O4+4. The van der Waals surface area contributed by atoms with Crippen molar-refractivity contribution in [3.63, 3.8) is 0 Å².